The molecule has 4 N–H and O–H groups in total. The van der Waals surface area contributed by atoms with E-state index in [9.17, 15) is 26.4 Å². The second kappa shape index (κ2) is 10.3. The molecule has 0 saturated heterocycles. The number of methoxy groups -OCH3 is 1. The van der Waals surface area contributed by atoms with Crippen LogP contribution >= 0.6 is 0 Å². The molecule has 1 aliphatic rings. The first-order valence-electron chi connectivity index (χ1n) is 10.7. The number of halogens is 3. The molecule has 1 aliphatic carbocycles. The van der Waals surface area contributed by atoms with E-state index in [1.807, 2.05) is 7.05 Å². The highest BCUT2D eigenvalue weighted by Crippen LogP contribution is 2.32. The highest BCUT2D eigenvalue weighted by Gasteiger charge is 2.46. The van der Waals surface area contributed by atoms with E-state index < -0.39 is 26.1 Å². The minimum atomic E-state index is -5.48. The number of ether oxygens (including phenoxy) is 1. The van der Waals surface area contributed by atoms with E-state index in [1.165, 1.54) is 10.9 Å². The van der Waals surface area contributed by atoms with Crippen LogP contribution in [-0.4, -0.2) is 73.6 Å². The van der Waals surface area contributed by atoms with Gasteiger partial charge in [0.15, 0.2) is 5.82 Å². The third-order valence-electron chi connectivity index (χ3n) is 5.95. The van der Waals surface area contributed by atoms with Crippen LogP contribution in [0.2, 0.25) is 0 Å². The van der Waals surface area contributed by atoms with E-state index in [0.717, 1.165) is 37.2 Å². The van der Waals surface area contributed by atoms with Crippen LogP contribution in [0.15, 0.2) is 35.4 Å². The van der Waals surface area contributed by atoms with E-state index in [1.54, 1.807) is 7.11 Å². The lowest BCUT2D eigenvalue weighted by Crippen LogP contribution is -2.41. The summed E-state index contributed by atoms with van der Waals surface area (Å²) in [5.41, 5.74) is 0.739. The van der Waals surface area contributed by atoms with Crippen molar-refractivity contribution in [1.82, 2.24) is 14.7 Å². The summed E-state index contributed by atoms with van der Waals surface area (Å²) in [5.74, 6) is -0.731. The van der Waals surface area contributed by atoms with Crippen molar-refractivity contribution in [2.45, 2.75) is 41.7 Å². The average molecular weight is 517 g/mol. The smallest absolute Gasteiger partial charge is 0.383 e. The Kier molecular flexibility index (Phi) is 7.87. The van der Waals surface area contributed by atoms with Gasteiger partial charge in [0, 0.05) is 43.7 Å². The third kappa shape index (κ3) is 5.82. The van der Waals surface area contributed by atoms with Gasteiger partial charge in [-0.05, 0) is 44.2 Å². The summed E-state index contributed by atoms with van der Waals surface area (Å²) in [6.45, 7) is 1.33. The summed E-state index contributed by atoms with van der Waals surface area (Å²) in [4.78, 5) is 13.2. The normalized spacial score (nSPS) is 19.2. The predicted molar refractivity (Wildman–Crippen MR) is 123 cm³/mol. The second-order valence-corrected chi connectivity index (χ2v) is 10.2. The van der Waals surface area contributed by atoms with Gasteiger partial charge < -0.3 is 26.1 Å². The van der Waals surface area contributed by atoms with Crippen LogP contribution in [0.25, 0.3) is 0 Å². The maximum absolute atomic E-state index is 12.7. The fraction of sp³-hybridized carbons (Fsp3) is 0.476. The lowest BCUT2D eigenvalue weighted by Gasteiger charge is -2.35. The number of aromatic nitrogens is 2. The molecular weight excluding hydrogens is 489 g/mol. The molecule has 1 amide bonds. The Balaban J connectivity index is 1.78. The van der Waals surface area contributed by atoms with Crippen molar-refractivity contribution in [3.8, 4) is 0 Å². The van der Waals surface area contributed by atoms with E-state index >= 15 is 0 Å². The molecule has 3 rings (SSSR count). The first kappa shape index (κ1) is 26.6. The third-order valence-corrected chi connectivity index (χ3v) is 7.45. The lowest BCUT2D eigenvalue weighted by molar-refractivity contribution is -0.0436. The van der Waals surface area contributed by atoms with Crippen molar-refractivity contribution in [1.29, 1.82) is 5.41 Å². The fourth-order valence-corrected chi connectivity index (χ4v) is 4.68. The Hall–Kier alpha value is -2.97. The van der Waals surface area contributed by atoms with Gasteiger partial charge in [-0.3, -0.25) is 9.48 Å². The summed E-state index contributed by atoms with van der Waals surface area (Å²) >= 11 is 0. The number of nitrogens with zero attached hydrogens (tertiary/aromatic N) is 3. The van der Waals surface area contributed by atoms with Gasteiger partial charge in [0.25, 0.3) is 15.7 Å². The lowest BCUT2D eigenvalue weighted by atomic mass is 9.88. The van der Waals surface area contributed by atoms with Crippen LogP contribution in [0.1, 0.15) is 35.7 Å². The van der Waals surface area contributed by atoms with E-state index in [4.69, 9.17) is 15.9 Å². The molecule has 1 fully saturated rings. The molecule has 0 bridgehead atoms. The van der Waals surface area contributed by atoms with Crippen LogP contribution < -0.4 is 11.1 Å². The highest BCUT2D eigenvalue weighted by molar-refractivity contribution is 7.92. The molecule has 2 atom stereocenters. The molecule has 0 aliphatic heterocycles. The van der Waals surface area contributed by atoms with Gasteiger partial charge in [-0.2, -0.15) is 18.3 Å². The number of likely N-dealkylation sites (N-methyl/N-ethyl adjacent to an activating group) is 1. The molecule has 0 spiro atoms. The maximum atomic E-state index is 12.7. The monoisotopic (exact) mass is 516 g/mol. The van der Waals surface area contributed by atoms with Crippen molar-refractivity contribution in [3.63, 3.8) is 0 Å². The van der Waals surface area contributed by atoms with Crippen molar-refractivity contribution in [3.05, 3.63) is 36.0 Å². The number of nitrogens with two attached hydrogens (primary N) is 1. The Morgan fingerprint density at radius 1 is 1.31 bits per heavy atom. The van der Waals surface area contributed by atoms with Crippen LogP contribution in [0.5, 0.6) is 0 Å². The van der Waals surface area contributed by atoms with Gasteiger partial charge in [0.2, 0.25) is 0 Å². The summed E-state index contributed by atoms with van der Waals surface area (Å²) in [6, 6.07) is 3.68. The molecule has 14 heteroatoms. The molecule has 1 aromatic carbocycles. The maximum Gasteiger partial charge on any atom is 0.501 e. The Morgan fingerprint density at radius 2 is 1.97 bits per heavy atom. The van der Waals surface area contributed by atoms with Gasteiger partial charge in [-0.25, -0.2) is 8.42 Å². The quantitative estimate of drug-likeness (QED) is 0.465. The highest BCUT2D eigenvalue weighted by atomic mass is 32.2. The first-order chi connectivity index (χ1) is 16.3. The number of sulfone groups is 1. The molecule has 1 heterocycles. The summed E-state index contributed by atoms with van der Waals surface area (Å²) < 4.78 is 67.9. The number of carbonyl (C=O) groups is 1. The fourth-order valence-electron chi connectivity index (χ4n) is 3.91. The van der Waals surface area contributed by atoms with Crippen LogP contribution in [-0.2, 0) is 14.6 Å². The van der Waals surface area contributed by atoms with Crippen molar-refractivity contribution in [2.75, 3.05) is 32.6 Å². The van der Waals surface area contributed by atoms with Gasteiger partial charge in [0.1, 0.15) is 5.56 Å². The molecule has 2 aromatic rings. The zero-order valence-corrected chi connectivity index (χ0v) is 20.0. The van der Waals surface area contributed by atoms with Crippen LogP contribution in [0.4, 0.5) is 24.7 Å². The van der Waals surface area contributed by atoms with E-state index in [-0.39, 0.29) is 29.2 Å². The zero-order chi connectivity index (χ0) is 26.0. The number of benzene rings is 1. The minimum Gasteiger partial charge on any atom is -0.383 e. The predicted octanol–water partition coefficient (Wildman–Crippen LogP) is 2.71. The topological polar surface area (TPSA) is 143 Å². The molecule has 35 heavy (non-hydrogen) atoms. The van der Waals surface area contributed by atoms with Crippen LogP contribution in [0, 0.1) is 5.41 Å². The Labute approximate surface area is 200 Å². The van der Waals surface area contributed by atoms with Crippen molar-refractivity contribution < 1.29 is 31.1 Å². The molecule has 10 nitrogen and oxygen atoms in total. The number of rotatable bonds is 9. The molecular formula is C21H27F3N6O4S. The second-order valence-electron chi connectivity index (χ2n) is 8.28. The summed E-state index contributed by atoms with van der Waals surface area (Å²) in [5, 5.41) is 15.7. The number of hydrogen-bond donors (Lipinski definition) is 3. The Bertz CT molecular complexity index is 1180. The summed E-state index contributed by atoms with van der Waals surface area (Å²) in [6.07, 6.45) is 3.37. The number of anilines is 2. The number of nitrogens with one attached hydrogen (secondary N) is 2. The average Bonchev–Trinajstić information content (AvgIpc) is 3.20. The van der Waals surface area contributed by atoms with Gasteiger partial charge in [0.05, 0.1) is 17.5 Å². The zero-order valence-electron chi connectivity index (χ0n) is 19.2. The first-order valence-corrected chi connectivity index (χ1v) is 12.2. The van der Waals surface area contributed by atoms with E-state index in [2.05, 4.69) is 15.3 Å². The van der Waals surface area contributed by atoms with Crippen LogP contribution in [0.3, 0.4) is 0 Å². The van der Waals surface area contributed by atoms with Gasteiger partial charge in [-0.15, -0.1) is 0 Å². The van der Waals surface area contributed by atoms with Crippen molar-refractivity contribution in [2.24, 2.45) is 5.73 Å². The molecule has 0 unspecified atom stereocenters. The molecule has 1 saturated carbocycles. The largest absolute Gasteiger partial charge is 0.501 e. The number of amides is 1. The van der Waals surface area contributed by atoms with Gasteiger partial charge in [-0.1, -0.05) is 0 Å². The molecule has 192 valence electrons. The number of carbonyl (C=O) groups excluding carboxylic acids is 1. The standard InChI is InChI=1S/C21H27F3N6O4S/c1-29(9-10-34-2)14-5-8-18(17(25)11-14)30-12-16(19(26)31)20(28-30)27-13-3-6-15(7-4-13)35(32,33)21(22,23)24/h3-4,6-7,12,14,18,25H,5,8-11H2,1-2H3,(H2,26,31)(H,27,28)/t14-,18-/m0/s1. The summed E-state index contributed by atoms with van der Waals surface area (Å²) in [7, 11) is -1.87. The van der Waals surface area contributed by atoms with E-state index in [0.29, 0.717) is 25.2 Å². The number of hydrogen-bond acceptors (Lipinski definition) is 8. The number of alkyl halides is 3. The van der Waals surface area contributed by atoms with Crippen molar-refractivity contribution >= 4 is 33.0 Å². The van der Waals surface area contributed by atoms with Gasteiger partial charge >= 0.3 is 5.51 Å². The molecule has 0 radical (unpaired) electrons. The molecule has 1 aromatic heterocycles. The SMILES string of the molecule is COCCN(C)[C@H]1CC[C@H](n2cc(C(N)=O)c(Nc3ccc(S(=O)(=O)C(F)(F)F)cc3)n2)C(=N)C1. The minimum absolute atomic E-state index is 0.0316. The Morgan fingerprint density at radius 3 is 2.51 bits per heavy atom. The number of primary amides is 1.